The Morgan fingerprint density at radius 1 is 1.41 bits per heavy atom. The second kappa shape index (κ2) is 5.28. The number of hydrogen-bond donors (Lipinski definition) is 0. The molecule has 1 fully saturated rings. The quantitative estimate of drug-likeness (QED) is 0.758. The Morgan fingerprint density at radius 3 is 2.65 bits per heavy atom. The average Bonchev–Trinajstić information content (AvgIpc) is 2.78. The Kier molecular flexibility index (Phi) is 3.95. The Bertz CT molecular complexity index is 355. The first kappa shape index (κ1) is 12.7. The van der Waals surface area contributed by atoms with Crippen LogP contribution in [0.5, 0.6) is 5.75 Å². The van der Waals surface area contributed by atoms with Gasteiger partial charge < -0.3 is 9.47 Å². The van der Waals surface area contributed by atoms with E-state index in [0.717, 1.165) is 30.8 Å². The molecule has 1 heterocycles. The fourth-order valence-electron chi connectivity index (χ4n) is 2.25. The topological polar surface area (TPSA) is 18.5 Å². The molecule has 2 atom stereocenters. The Hall–Kier alpha value is -0.730. The van der Waals surface area contributed by atoms with E-state index in [4.69, 9.17) is 21.1 Å². The van der Waals surface area contributed by atoms with Gasteiger partial charge in [-0.25, -0.2) is 0 Å². The number of alkyl halides is 1. The van der Waals surface area contributed by atoms with E-state index >= 15 is 0 Å². The molecule has 2 nitrogen and oxygen atoms in total. The Labute approximate surface area is 108 Å². The number of ether oxygens (including phenoxy) is 2. The van der Waals surface area contributed by atoms with Crippen molar-refractivity contribution in [3.8, 4) is 5.75 Å². The summed E-state index contributed by atoms with van der Waals surface area (Å²) in [7, 11) is 0. The molecule has 0 amide bonds. The van der Waals surface area contributed by atoms with Crippen LogP contribution in [0.2, 0.25) is 0 Å². The highest BCUT2D eigenvalue weighted by Gasteiger charge is 2.38. The molecule has 0 N–H and O–H groups in total. The number of rotatable bonds is 4. The summed E-state index contributed by atoms with van der Waals surface area (Å²) in [6.45, 7) is 5.57. The van der Waals surface area contributed by atoms with E-state index in [0.29, 0.717) is 6.61 Å². The highest BCUT2D eigenvalue weighted by Crippen LogP contribution is 2.41. The van der Waals surface area contributed by atoms with Crippen molar-refractivity contribution in [2.45, 2.75) is 37.7 Å². The maximum atomic E-state index is 6.52. The minimum atomic E-state index is -0.227. The molecule has 1 aliphatic heterocycles. The molecule has 0 radical (unpaired) electrons. The lowest BCUT2D eigenvalue weighted by molar-refractivity contribution is 0.0164. The molecule has 0 aromatic heterocycles. The van der Waals surface area contributed by atoms with Gasteiger partial charge in [0.2, 0.25) is 0 Å². The summed E-state index contributed by atoms with van der Waals surface area (Å²) in [6.07, 6.45) is 2.12. The number of benzene rings is 1. The Morgan fingerprint density at radius 2 is 2.12 bits per heavy atom. The van der Waals surface area contributed by atoms with Crippen molar-refractivity contribution in [3.63, 3.8) is 0 Å². The van der Waals surface area contributed by atoms with Crippen molar-refractivity contribution >= 4 is 11.6 Å². The molecule has 2 rings (SSSR count). The highest BCUT2D eigenvalue weighted by molar-refractivity contribution is 6.21. The summed E-state index contributed by atoms with van der Waals surface area (Å²) in [5.74, 6) is 0.887. The van der Waals surface area contributed by atoms with Crippen LogP contribution in [0, 0.1) is 0 Å². The molecule has 1 aromatic carbocycles. The average molecular weight is 255 g/mol. The van der Waals surface area contributed by atoms with Gasteiger partial charge in [-0.2, -0.15) is 0 Å². The molecule has 0 spiro atoms. The molecule has 3 heteroatoms. The molecule has 0 saturated carbocycles. The summed E-state index contributed by atoms with van der Waals surface area (Å²) in [6, 6.07) is 7.98. The molecular weight excluding hydrogens is 236 g/mol. The molecule has 1 saturated heterocycles. The van der Waals surface area contributed by atoms with Crippen LogP contribution in [-0.2, 0) is 4.74 Å². The molecule has 17 heavy (non-hydrogen) atoms. The molecule has 1 aromatic rings. The smallest absolute Gasteiger partial charge is 0.119 e. The van der Waals surface area contributed by atoms with E-state index in [1.54, 1.807) is 0 Å². The van der Waals surface area contributed by atoms with Gasteiger partial charge in [0.15, 0.2) is 0 Å². The molecule has 0 bridgehead atoms. The van der Waals surface area contributed by atoms with Gasteiger partial charge >= 0.3 is 0 Å². The van der Waals surface area contributed by atoms with E-state index in [9.17, 15) is 0 Å². The predicted octanol–water partition coefficient (Wildman–Crippen LogP) is 3.93. The molecule has 94 valence electrons. The fourth-order valence-corrected chi connectivity index (χ4v) is 2.57. The second-order valence-electron chi connectivity index (χ2n) is 4.63. The summed E-state index contributed by atoms with van der Waals surface area (Å²) in [4.78, 5) is 0. The molecule has 0 aliphatic carbocycles. The van der Waals surface area contributed by atoms with Crippen molar-refractivity contribution in [2.75, 3.05) is 13.2 Å². The van der Waals surface area contributed by atoms with Gasteiger partial charge in [0.25, 0.3) is 0 Å². The highest BCUT2D eigenvalue weighted by atomic mass is 35.5. The molecule has 2 unspecified atom stereocenters. The van der Waals surface area contributed by atoms with Crippen LogP contribution < -0.4 is 4.74 Å². The van der Waals surface area contributed by atoms with Crippen molar-refractivity contribution in [2.24, 2.45) is 0 Å². The van der Waals surface area contributed by atoms with E-state index in [-0.39, 0.29) is 11.0 Å². The van der Waals surface area contributed by atoms with Crippen molar-refractivity contribution < 1.29 is 9.47 Å². The zero-order valence-electron chi connectivity index (χ0n) is 10.4. The van der Waals surface area contributed by atoms with Crippen LogP contribution in [-0.4, -0.2) is 18.8 Å². The van der Waals surface area contributed by atoms with E-state index < -0.39 is 0 Å². The minimum Gasteiger partial charge on any atom is -0.494 e. The van der Waals surface area contributed by atoms with Gasteiger partial charge in [-0.15, -0.1) is 11.6 Å². The fraction of sp³-hybridized carbons (Fsp3) is 0.571. The van der Waals surface area contributed by atoms with Crippen LogP contribution in [0.15, 0.2) is 24.3 Å². The third kappa shape index (κ3) is 2.75. The minimum absolute atomic E-state index is 0.0966. The standard InChI is InChI=1S/C14H19ClO2/c1-3-16-12-7-5-11(6-8-12)13(15)14(2)9-4-10-17-14/h5-8,13H,3-4,9-10H2,1-2H3. The number of hydrogen-bond acceptors (Lipinski definition) is 2. The Balaban J connectivity index is 2.11. The first-order valence-electron chi connectivity index (χ1n) is 6.16. The lowest BCUT2D eigenvalue weighted by Crippen LogP contribution is -2.28. The van der Waals surface area contributed by atoms with Crippen molar-refractivity contribution in [1.82, 2.24) is 0 Å². The first-order valence-corrected chi connectivity index (χ1v) is 6.60. The predicted molar refractivity (Wildman–Crippen MR) is 69.8 cm³/mol. The largest absolute Gasteiger partial charge is 0.494 e. The maximum Gasteiger partial charge on any atom is 0.119 e. The zero-order valence-corrected chi connectivity index (χ0v) is 11.2. The van der Waals surface area contributed by atoms with Gasteiger partial charge in [0.05, 0.1) is 17.6 Å². The van der Waals surface area contributed by atoms with Crippen LogP contribution >= 0.6 is 11.6 Å². The van der Waals surface area contributed by atoms with Gasteiger partial charge in [0, 0.05) is 6.61 Å². The number of halogens is 1. The lowest BCUT2D eigenvalue weighted by atomic mass is 9.93. The van der Waals surface area contributed by atoms with Gasteiger partial charge in [-0.1, -0.05) is 12.1 Å². The second-order valence-corrected chi connectivity index (χ2v) is 5.07. The monoisotopic (exact) mass is 254 g/mol. The van der Waals surface area contributed by atoms with Gasteiger partial charge in [-0.3, -0.25) is 0 Å². The van der Waals surface area contributed by atoms with Crippen LogP contribution in [0.1, 0.15) is 37.6 Å². The van der Waals surface area contributed by atoms with E-state index in [1.807, 2.05) is 31.2 Å². The molecule has 1 aliphatic rings. The van der Waals surface area contributed by atoms with Gasteiger partial charge in [0.1, 0.15) is 5.75 Å². The van der Waals surface area contributed by atoms with Crippen molar-refractivity contribution in [3.05, 3.63) is 29.8 Å². The van der Waals surface area contributed by atoms with Gasteiger partial charge in [-0.05, 0) is 44.4 Å². The van der Waals surface area contributed by atoms with E-state index in [2.05, 4.69) is 6.92 Å². The van der Waals surface area contributed by atoms with Crippen molar-refractivity contribution in [1.29, 1.82) is 0 Å². The first-order chi connectivity index (χ1) is 8.15. The summed E-state index contributed by atoms with van der Waals surface area (Å²) < 4.78 is 11.2. The third-order valence-electron chi connectivity index (χ3n) is 3.27. The normalized spacial score (nSPS) is 25.8. The van der Waals surface area contributed by atoms with E-state index in [1.165, 1.54) is 0 Å². The maximum absolute atomic E-state index is 6.52. The summed E-state index contributed by atoms with van der Waals surface area (Å²) in [5.41, 5.74) is 0.869. The third-order valence-corrected chi connectivity index (χ3v) is 3.98. The zero-order chi connectivity index (χ0) is 12.3. The van der Waals surface area contributed by atoms with Crippen LogP contribution in [0.25, 0.3) is 0 Å². The molecular formula is C14H19ClO2. The summed E-state index contributed by atoms with van der Waals surface area (Å²) in [5, 5.41) is -0.0966. The van der Waals surface area contributed by atoms with Crippen LogP contribution in [0.4, 0.5) is 0 Å². The SMILES string of the molecule is CCOc1ccc(C(Cl)C2(C)CCCO2)cc1. The summed E-state index contributed by atoms with van der Waals surface area (Å²) >= 11 is 6.52. The van der Waals surface area contributed by atoms with Crippen LogP contribution in [0.3, 0.4) is 0 Å². The lowest BCUT2D eigenvalue weighted by Gasteiger charge is -2.29.